The van der Waals surface area contributed by atoms with Gasteiger partial charge in [-0.15, -0.1) is 11.3 Å². The Hall–Kier alpha value is -1.76. The van der Waals surface area contributed by atoms with Crippen molar-refractivity contribution in [1.29, 1.82) is 0 Å². The smallest absolute Gasteiger partial charge is 0.263 e. The molecule has 6 heteroatoms. The van der Waals surface area contributed by atoms with Crippen LogP contribution in [0.1, 0.15) is 44.3 Å². The molecule has 1 aromatic carbocycles. The zero-order valence-electron chi connectivity index (χ0n) is 14.0. The van der Waals surface area contributed by atoms with Crippen LogP contribution >= 0.6 is 11.3 Å². The molecule has 2 N–H and O–H groups in total. The summed E-state index contributed by atoms with van der Waals surface area (Å²) in [6, 6.07) is 7.92. The van der Waals surface area contributed by atoms with E-state index in [2.05, 4.69) is 10.3 Å². The van der Waals surface area contributed by atoms with E-state index in [1.165, 1.54) is 11.3 Å². The lowest BCUT2D eigenvalue weighted by Crippen LogP contribution is -2.42. The van der Waals surface area contributed by atoms with Crippen molar-refractivity contribution in [3.63, 3.8) is 0 Å². The third kappa shape index (κ3) is 3.36. The van der Waals surface area contributed by atoms with Crippen molar-refractivity contribution in [3.8, 4) is 0 Å². The summed E-state index contributed by atoms with van der Waals surface area (Å²) in [6.07, 6.45) is 2.54. The van der Waals surface area contributed by atoms with Crippen LogP contribution in [0.4, 0.5) is 0 Å². The first-order chi connectivity index (χ1) is 11.5. The summed E-state index contributed by atoms with van der Waals surface area (Å²) in [7, 11) is 1.60. The maximum absolute atomic E-state index is 12.5. The van der Waals surface area contributed by atoms with Gasteiger partial charge in [0.05, 0.1) is 18.8 Å². The molecule has 0 saturated carbocycles. The fourth-order valence-corrected chi connectivity index (χ4v) is 4.19. The minimum atomic E-state index is -1.00. The second-order valence-electron chi connectivity index (χ2n) is 6.18. The summed E-state index contributed by atoms with van der Waals surface area (Å²) in [5.74, 6) is -0.191. The van der Waals surface area contributed by atoms with E-state index in [1.807, 2.05) is 31.2 Å². The van der Waals surface area contributed by atoms with E-state index < -0.39 is 5.60 Å². The molecule has 5 nitrogen and oxygen atoms in total. The monoisotopic (exact) mass is 346 g/mol. The Bertz CT molecular complexity index is 744. The van der Waals surface area contributed by atoms with Crippen LogP contribution in [0, 0.1) is 6.92 Å². The van der Waals surface area contributed by atoms with Crippen molar-refractivity contribution in [2.45, 2.75) is 38.4 Å². The number of fused-ring (bicyclic) bond motifs is 1. The van der Waals surface area contributed by atoms with E-state index in [-0.39, 0.29) is 12.5 Å². The van der Waals surface area contributed by atoms with Gasteiger partial charge in [0, 0.05) is 7.11 Å². The van der Waals surface area contributed by atoms with E-state index in [0.29, 0.717) is 23.6 Å². The van der Waals surface area contributed by atoms with Crippen molar-refractivity contribution >= 4 is 17.2 Å². The topological polar surface area (TPSA) is 71.5 Å². The number of methoxy groups -OCH3 is 1. The lowest BCUT2D eigenvalue weighted by Gasteiger charge is -2.34. The number of nitrogens with one attached hydrogen (secondary N) is 1. The summed E-state index contributed by atoms with van der Waals surface area (Å²) >= 11 is 1.33. The van der Waals surface area contributed by atoms with Crippen molar-refractivity contribution in [1.82, 2.24) is 10.3 Å². The minimum absolute atomic E-state index is 0.191. The van der Waals surface area contributed by atoms with E-state index in [0.717, 1.165) is 29.0 Å². The van der Waals surface area contributed by atoms with E-state index in [9.17, 15) is 9.90 Å². The molecule has 1 atom stereocenters. The fourth-order valence-electron chi connectivity index (χ4n) is 3.24. The van der Waals surface area contributed by atoms with Crippen LogP contribution in [-0.4, -0.2) is 29.7 Å². The molecule has 0 aliphatic heterocycles. The molecule has 1 aliphatic rings. The number of carbonyl (C=O) groups excluding carboxylic acids is 1. The average molecular weight is 346 g/mol. The highest BCUT2D eigenvalue weighted by molar-refractivity contribution is 7.13. The molecule has 1 aliphatic carbocycles. The highest BCUT2D eigenvalue weighted by Crippen LogP contribution is 2.34. The molecular formula is C18H22N2O3S. The Morgan fingerprint density at radius 1 is 1.46 bits per heavy atom. The van der Waals surface area contributed by atoms with Crippen LogP contribution in [0.5, 0.6) is 0 Å². The Kier molecular flexibility index (Phi) is 4.99. The maximum atomic E-state index is 12.5. The minimum Gasteiger partial charge on any atom is -0.383 e. The Balaban J connectivity index is 1.73. The molecule has 0 fully saturated rings. The van der Waals surface area contributed by atoms with Gasteiger partial charge in [-0.1, -0.05) is 24.3 Å². The zero-order valence-corrected chi connectivity index (χ0v) is 14.8. The van der Waals surface area contributed by atoms with Crippen molar-refractivity contribution in [2.24, 2.45) is 0 Å². The number of aliphatic hydroxyl groups is 1. The van der Waals surface area contributed by atoms with Crippen molar-refractivity contribution < 1.29 is 14.6 Å². The van der Waals surface area contributed by atoms with Gasteiger partial charge in [0.1, 0.15) is 15.5 Å². The lowest BCUT2D eigenvalue weighted by atomic mass is 9.79. The molecule has 1 aromatic heterocycles. The highest BCUT2D eigenvalue weighted by atomic mass is 32.1. The molecule has 1 unspecified atom stereocenters. The third-order valence-electron chi connectivity index (χ3n) is 4.41. The van der Waals surface area contributed by atoms with Gasteiger partial charge in [0.2, 0.25) is 0 Å². The predicted molar refractivity (Wildman–Crippen MR) is 93.2 cm³/mol. The number of amides is 1. The largest absolute Gasteiger partial charge is 0.383 e. The molecule has 0 bridgehead atoms. The Labute approximate surface area is 145 Å². The van der Waals surface area contributed by atoms with Crippen LogP contribution in [0.2, 0.25) is 0 Å². The van der Waals surface area contributed by atoms with Gasteiger partial charge >= 0.3 is 0 Å². The van der Waals surface area contributed by atoms with Crippen molar-refractivity contribution in [3.05, 3.63) is 51.0 Å². The SMILES string of the molecule is COCc1nc(C)c(C(=O)NCC2(O)CCCc3ccccc32)s1. The number of aromatic nitrogens is 1. The summed E-state index contributed by atoms with van der Waals surface area (Å²) in [5.41, 5.74) is 1.79. The Morgan fingerprint density at radius 3 is 3.04 bits per heavy atom. The molecule has 3 rings (SSSR count). The molecule has 1 amide bonds. The van der Waals surface area contributed by atoms with Crippen LogP contribution in [0.25, 0.3) is 0 Å². The lowest BCUT2D eigenvalue weighted by molar-refractivity contribution is 0.0190. The normalized spacial score (nSPS) is 19.8. The summed E-state index contributed by atoms with van der Waals surface area (Å²) in [4.78, 5) is 17.4. The number of benzene rings is 1. The van der Waals surface area contributed by atoms with Gasteiger partial charge in [0.25, 0.3) is 5.91 Å². The summed E-state index contributed by atoms with van der Waals surface area (Å²) < 4.78 is 5.06. The van der Waals surface area contributed by atoms with Crippen LogP contribution in [0.3, 0.4) is 0 Å². The molecular weight excluding hydrogens is 324 g/mol. The number of thiazole rings is 1. The van der Waals surface area contributed by atoms with Gasteiger partial charge < -0.3 is 15.2 Å². The summed E-state index contributed by atoms with van der Waals surface area (Å²) in [6.45, 7) is 2.42. The molecule has 24 heavy (non-hydrogen) atoms. The number of rotatable bonds is 5. The number of aryl methyl sites for hydroxylation is 2. The van der Waals surface area contributed by atoms with Crippen LogP contribution in [-0.2, 0) is 23.4 Å². The van der Waals surface area contributed by atoms with Gasteiger partial charge in [-0.05, 0) is 37.3 Å². The van der Waals surface area contributed by atoms with Crippen LogP contribution < -0.4 is 5.32 Å². The zero-order chi connectivity index (χ0) is 17.2. The maximum Gasteiger partial charge on any atom is 0.263 e. The molecule has 0 radical (unpaired) electrons. The number of ether oxygens (including phenoxy) is 1. The van der Waals surface area contributed by atoms with Crippen LogP contribution in [0.15, 0.2) is 24.3 Å². The number of nitrogens with zero attached hydrogens (tertiary/aromatic N) is 1. The first-order valence-corrected chi connectivity index (χ1v) is 8.89. The molecule has 2 aromatic rings. The van der Waals surface area contributed by atoms with E-state index in [1.54, 1.807) is 7.11 Å². The van der Waals surface area contributed by atoms with Gasteiger partial charge in [0.15, 0.2) is 0 Å². The molecule has 0 spiro atoms. The standard InChI is InChI=1S/C18H22N2O3S/c1-12-16(24-15(20-12)10-23-2)17(21)19-11-18(22)9-5-7-13-6-3-4-8-14(13)18/h3-4,6,8,22H,5,7,9-11H2,1-2H3,(H,19,21). The third-order valence-corrected chi connectivity index (χ3v) is 5.54. The number of hydrogen-bond donors (Lipinski definition) is 2. The summed E-state index contributed by atoms with van der Waals surface area (Å²) in [5, 5.41) is 14.7. The number of hydrogen-bond acceptors (Lipinski definition) is 5. The quantitative estimate of drug-likeness (QED) is 0.873. The molecule has 1 heterocycles. The van der Waals surface area contributed by atoms with E-state index >= 15 is 0 Å². The fraction of sp³-hybridized carbons (Fsp3) is 0.444. The second-order valence-corrected chi connectivity index (χ2v) is 7.26. The highest BCUT2D eigenvalue weighted by Gasteiger charge is 2.34. The van der Waals surface area contributed by atoms with Gasteiger partial charge in [-0.2, -0.15) is 0 Å². The van der Waals surface area contributed by atoms with Crippen molar-refractivity contribution in [2.75, 3.05) is 13.7 Å². The van der Waals surface area contributed by atoms with Gasteiger partial charge in [-0.25, -0.2) is 4.98 Å². The number of carbonyl (C=O) groups is 1. The second kappa shape index (κ2) is 7.01. The van der Waals surface area contributed by atoms with Gasteiger partial charge in [-0.3, -0.25) is 4.79 Å². The van der Waals surface area contributed by atoms with E-state index in [4.69, 9.17) is 4.74 Å². The predicted octanol–water partition coefficient (Wildman–Crippen LogP) is 2.55. The first-order valence-electron chi connectivity index (χ1n) is 8.08. The average Bonchev–Trinajstić information content (AvgIpc) is 2.94. The molecule has 128 valence electrons. The molecule has 0 saturated heterocycles. The first kappa shape index (κ1) is 17.1. The Morgan fingerprint density at radius 2 is 2.25 bits per heavy atom.